The zero-order valence-electron chi connectivity index (χ0n) is 12.1. The molecule has 0 aliphatic carbocycles. The summed E-state index contributed by atoms with van der Waals surface area (Å²) in [5.41, 5.74) is 3.95. The van der Waals surface area contributed by atoms with E-state index in [-0.39, 0.29) is 11.8 Å². The molecule has 2 aromatic rings. The van der Waals surface area contributed by atoms with E-state index in [1.54, 1.807) is 18.2 Å². The van der Waals surface area contributed by atoms with E-state index in [4.69, 9.17) is 11.6 Å². The molecule has 5 heteroatoms. The molecular formula is C17H15ClN2O2. The number of hydrogen-bond acceptors (Lipinski definition) is 2. The lowest BCUT2D eigenvalue weighted by atomic mass is 10.00. The molecule has 0 radical (unpaired) electrons. The van der Waals surface area contributed by atoms with E-state index >= 15 is 0 Å². The fraction of sp³-hybridized carbons (Fsp3) is 0.176. The zero-order valence-corrected chi connectivity index (χ0v) is 12.8. The number of hydrogen-bond donors (Lipinski definition) is 2. The highest BCUT2D eigenvalue weighted by atomic mass is 35.5. The molecule has 0 bridgehead atoms. The Kier molecular flexibility index (Phi) is 3.86. The maximum atomic E-state index is 12.3. The van der Waals surface area contributed by atoms with Crippen molar-refractivity contribution in [2.75, 3.05) is 10.6 Å². The quantitative estimate of drug-likeness (QED) is 0.886. The van der Waals surface area contributed by atoms with E-state index in [1.165, 1.54) is 0 Å². The maximum Gasteiger partial charge on any atom is 0.255 e. The Hall–Kier alpha value is -2.33. The third-order valence-corrected chi connectivity index (χ3v) is 4.10. The Labute approximate surface area is 133 Å². The van der Waals surface area contributed by atoms with Gasteiger partial charge in [-0.15, -0.1) is 0 Å². The van der Waals surface area contributed by atoms with Crippen LogP contribution >= 0.6 is 11.6 Å². The number of halogens is 1. The fourth-order valence-corrected chi connectivity index (χ4v) is 2.58. The summed E-state index contributed by atoms with van der Waals surface area (Å²) in [5, 5.41) is 6.25. The van der Waals surface area contributed by atoms with Gasteiger partial charge in [-0.2, -0.15) is 0 Å². The molecule has 112 valence electrons. The van der Waals surface area contributed by atoms with Gasteiger partial charge in [0, 0.05) is 28.4 Å². The zero-order chi connectivity index (χ0) is 15.7. The summed E-state index contributed by atoms with van der Waals surface area (Å²) in [6.45, 7) is 1.91. The highest BCUT2D eigenvalue weighted by Crippen LogP contribution is 2.25. The van der Waals surface area contributed by atoms with Gasteiger partial charge in [0.05, 0.1) is 0 Å². The monoisotopic (exact) mass is 314 g/mol. The van der Waals surface area contributed by atoms with Crippen molar-refractivity contribution in [3.8, 4) is 0 Å². The molecule has 0 atom stereocenters. The van der Waals surface area contributed by atoms with Crippen LogP contribution in [0.5, 0.6) is 0 Å². The van der Waals surface area contributed by atoms with Crippen LogP contribution in [0.3, 0.4) is 0 Å². The summed E-state index contributed by atoms with van der Waals surface area (Å²) >= 11 is 6.06. The predicted molar refractivity (Wildman–Crippen MR) is 87.5 cm³/mol. The third kappa shape index (κ3) is 2.97. The molecular weight excluding hydrogens is 300 g/mol. The Morgan fingerprint density at radius 1 is 1.18 bits per heavy atom. The van der Waals surface area contributed by atoms with Crippen LogP contribution in [0.4, 0.5) is 11.4 Å². The molecule has 2 aromatic carbocycles. The molecule has 2 amide bonds. The molecule has 1 heterocycles. The number of carbonyl (C=O) groups excluding carboxylic acids is 2. The minimum atomic E-state index is -0.195. The molecule has 2 N–H and O–H groups in total. The van der Waals surface area contributed by atoms with Crippen molar-refractivity contribution in [1.82, 2.24) is 0 Å². The second-order valence-corrected chi connectivity index (χ2v) is 5.75. The number of benzene rings is 2. The molecule has 0 fully saturated rings. The van der Waals surface area contributed by atoms with Gasteiger partial charge in [0.15, 0.2) is 0 Å². The summed E-state index contributed by atoms with van der Waals surface area (Å²) in [4.78, 5) is 23.7. The summed E-state index contributed by atoms with van der Waals surface area (Å²) < 4.78 is 0. The Bertz CT molecular complexity index is 771. The number of amides is 2. The lowest BCUT2D eigenvalue weighted by Crippen LogP contribution is -2.20. The first kappa shape index (κ1) is 14.6. The van der Waals surface area contributed by atoms with Gasteiger partial charge >= 0.3 is 0 Å². The van der Waals surface area contributed by atoms with Gasteiger partial charge in [0.2, 0.25) is 5.91 Å². The Morgan fingerprint density at radius 3 is 2.77 bits per heavy atom. The lowest BCUT2D eigenvalue weighted by molar-refractivity contribution is -0.116. The first-order valence-corrected chi connectivity index (χ1v) is 7.41. The van der Waals surface area contributed by atoms with Gasteiger partial charge in [0.25, 0.3) is 5.91 Å². The second kappa shape index (κ2) is 5.81. The van der Waals surface area contributed by atoms with Crippen LogP contribution in [0.1, 0.15) is 27.9 Å². The molecule has 0 saturated carbocycles. The van der Waals surface area contributed by atoms with E-state index < -0.39 is 0 Å². The van der Waals surface area contributed by atoms with Gasteiger partial charge in [-0.1, -0.05) is 17.7 Å². The molecule has 0 saturated heterocycles. The number of carbonyl (C=O) groups is 2. The van der Waals surface area contributed by atoms with Gasteiger partial charge in [-0.3, -0.25) is 9.59 Å². The van der Waals surface area contributed by atoms with Crippen molar-refractivity contribution >= 4 is 34.8 Å². The van der Waals surface area contributed by atoms with Crippen LogP contribution in [-0.4, -0.2) is 11.8 Å². The van der Waals surface area contributed by atoms with Crippen LogP contribution in [0, 0.1) is 6.92 Å². The second-order valence-electron chi connectivity index (χ2n) is 5.34. The Balaban J connectivity index is 1.80. The normalized spacial score (nSPS) is 13.3. The minimum Gasteiger partial charge on any atom is -0.326 e. The van der Waals surface area contributed by atoms with Crippen molar-refractivity contribution in [3.05, 3.63) is 58.1 Å². The summed E-state index contributed by atoms with van der Waals surface area (Å²) in [6.07, 6.45) is 1.10. The van der Waals surface area contributed by atoms with Crippen molar-refractivity contribution in [1.29, 1.82) is 0 Å². The van der Waals surface area contributed by atoms with Crippen LogP contribution in [0.15, 0.2) is 36.4 Å². The molecule has 3 rings (SSSR count). The lowest BCUT2D eigenvalue weighted by Gasteiger charge is -2.17. The average Bonchev–Trinajstić information content (AvgIpc) is 2.50. The highest BCUT2D eigenvalue weighted by molar-refractivity contribution is 6.31. The first-order chi connectivity index (χ1) is 10.5. The number of anilines is 2. The SMILES string of the molecule is Cc1ccc(NC(=O)c2ccc3c(c2)CCC(=O)N3)cc1Cl. The molecule has 0 spiro atoms. The van der Waals surface area contributed by atoms with Crippen LogP contribution in [0.2, 0.25) is 5.02 Å². The standard InChI is InChI=1S/C17H15ClN2O2/c1-10-2-5-13(9-14(10)18)19-17(22)12-3-6-15-11(8-12)4-7-16(21)20-15/h2-3,5-6,8-9H,4,7H2,1H3,(H,19,22)(H,20,21). The van der Waals surface area contributed by atoms with E-state index in [0.29, 0.717) is 29.1 Å². The molecule has 1 aliphatic rings. The van der Waals surface area contributed by atoms with Crippen LogP contribution < -0.4 is 10.6 Å². The van der Waals surface area contributed by atoms with Crippen molar-refractivity contribution in [3.63, 3.8) is 0 Å². The number of rotatable bonds is 2. The maximum absolute atomic E-state index is 12.3. The summed E-state index contributed by atoms with van der Waals surface area (Å²) in [6, 6.07) is 10.7. The number of fused-ring (bicyclic) bond motifs is 1. The van der Waals surface area contributed by atoms with Crippen molar-refractivity contribution in [2.45, 2.75) is 19.8 Å². The fourth-order valence-electron chi connectivity index (χ4n) is 2.40. The molecule has 0 aromatic heterocycles. The molecule has 22 heavy (non-hydrogen) atoms. The predicted octanol–water partition coefficient (Wildman–Crippen LogP) is 3.79. The topological polar surface area (TPSA) is 58.2 Å². The van der Waals surface area contributed by atoms with Gasteiger partial charge in [0.1, 0.15) is 0 Å². The van der Waals surface area contributed by atoms with Crippen LogP contribution in [-0.2, 0) is 11.2 Å². The van der Waals surface area contributed by atoms with Gasteiger partial charge < -0.3 is 10.6 Å². The minimum absolute atomic E-state index is 0.0130. The van der Waals surface area contributed by atoms with Gasteiger partial charge in [-0.05, 0) is 54.8 Å². The van der Waals surface area contributed by atoms with Crippen LogP contribution in [0.25, 0.3) is 0 Å². The average molecular weight is 315 g/mol. The first-order valence-electron chi connectivity index (χ1n) is 7.03. The smallest absolute Gasteiger partial charge is 0.255 e. The number of nitrogens with one attached hydrogen (secondary N) is 2. The van der Waals surface area contributed by atoms with E-state index in [9.17, 15) is 9.59 Å². The Morgan fingerprint density at radius 2 is 2.00 bits per heavy atom. The largest absolute Gasteiger partial charge is 0.326 e. The molecule has 1 aliphatic heterocycles. The van der Waals surface area contributed by atoms with Gasteiger partial charge in [-0.25, -0.2) is 0 Å². The summed E-state index contributed by atoms with van der Waals surface area (Å²) in [5.74, 6) is -0.182. The summed E-state index contributed by atoms with van der Waals surface area (Å²) in [7, 11) is 0. The van der Waals surface area contributed by atoms with Crippen molar-refractivity contribution in [2.24, 2.45) is 0 Å². The highest BCUT2D eigenvalue weighted by Gasteiger charge is 2.16. The van der Waals surface area contributed by atoms with E-state index in [2.05, 4.69) is 10.6 Å². The van der Waals surface area contributed by atoms with E-state index in [0.717, 1.165) is 16.8 Å². The molecule has 4 nitrogen and oxygen atoms in total. The third-order valence-electron chi connectivity index (χ3n) is 3.69. The van der Waals surface area contributed by atoms with E-state index in [1.807, 2.05) is 25.1 Å². The van der Waals surface area contributed by atoms with Crippen molar-refractivity contribution < 1.29 is 9.59 Å². The number of aryl methyl sites for hydroxylation is 2. The molecule has 0 unspecified atom stereocenters.